The molecule has 4 heteroatoms. The van der Waals surface area contributed by atoms with Crippen LogP contribution in [0.1, 0.15) is 24.9 Å². The van der Waals surface area contributed by atoms with Crippen LogP contribution in [0.15, 0.2) is 54.6 Å². The zero-order valence-corrected chi connectivity index (χ0v) is 12.0. The smallest absolute Gasteiger partial charge is 0.307 e. The topological polar surface area (TPSA) is 61.5 Å². The Labute approximate surface area is 124 Å². The van der Waals surface area contributed by atoms with Gasteiger partial charge in [-0.25, -0.2) is 0 Å². The predicted molar refractivity (Wildman–Crippen MR) is 81.1 cm³/mol. The zero-order valence-electron chi connectivity index (χ0n) is 12.0. The molecule has 1 unspecified atom stereocenters. The molecule has 21 heavy (non-hydrogen) atoms. The Morgan fingerprint density at radius 2 is 1.81 bits per heavy atom. The zero-order chi connectivity index (χ0) is 15.1. The predicted octanol–water partition coefficient (Wildman–Crippen LogP) is 3.43. The van der Waals surface area contributed by atoms with Crippen molar-refractivity contribution < 1.29 is 14.3 Å². The normalized spacial score (nSPS) is 11.7. The van der Waals surface area contributed by atoms with Crippen LogP contribution in [-0.2, 0) is 9.53 Å². The van der Waals surface area contributed by atoms with Crippen LogP contribution >= 0.6 is 0 Å². The highest BCUT2D eigenvalue weighted by Gasteiger charge is 2.13. The standard InChI is InChI=1S/C17H19NO3/c1-2-20-17(19)12-16(18)13-7-6-10-15(11-13)21-14-8-4-3-5-9-14/h3-11,16H,2,12,18H2,1H3. The molecule has 1 atom stereocenters. The van der Waals surface area contributed by atoms with E-state index in [2.05, 4.69) is 0 Å². The van der Waals surface area contributed by atoms with Gasteiger partial charge in [-0.15, -0.1) is 0 Å². The van der Waals surface area contributed by atoms with Gasteiger partial charge >= 0.3 is 5.97 Å². The molecular formula is C17H19NO3. The second kappa shape index (κ2) is 7.45. The summed E-state index contributed by atoms with van der Waals surface area (Å²) in [6, 6.07) is 16.5. The molecule has 110 valence electrons. The Kier molecular flexibility index (Phi) is 5.35. The maximum absolute atomic E-state index is 11.5. The molecule has 2 aromatic rings. The van der Waals surface area contributed by atoms with E-state index in [4.69, 9.17) is 15.2 Å². The molecule has 0 saturated carbocycles. The van der Waals surface area contributed by atoms with E-state index >= 15 is 0 Å². The lowest BCUT2D eigenvalue weighted by molar-refractivity contribution is -0.143. The molecule has 2 aromatic carbocycles. The molecule has 2 rings (SSSR count). The van der Waals surface area contributed by atoms with Crippen molar-refractivity contribution in [1.29, 1.82) is 0 Å². The summed E-state index contributed by atoms with van der Waals surface area (Å²) in [4.78, 5) is 11.5. The fraction of sp³-hybridized carbons (Fsp3) is 0.235. The van der Waals surface area contributed by atoms with E-state index in [9.17, 15) is 4.79 Å². The van der Waals surface area contributed by atoms with Gasteiger partial charge < -0.3 is 15.2 Å². The van der Waals surface area contributed by atoms with Gasteiger partial charge in [0.25, 0.3) is 0 Å². The van der Waals surface area contributed by atoms with Crippen LogP contribution in [0.25, 0.3) is 0 Å². The monoisotopic (exact) mass is 285 g/mol. The number of ether oxygens (including phenoxy) is 2. The lowest BCUT2D eigenvalue weighted by atomic mass is 10.0. The highest BCUT2D eigenvalue weighted by Crippen LogP contribution is 2.24. The number of rotatable bonds is 6. The Hall–Kier alpha value is -2.33. The van der Waals surface area contributed by atoms with E-state index in [1.807, 2.05) is 54.6 Å². The van der Waals surface area contributed by atoms with E-state index in [1.54, 1.807) is 6.92 Å². The molecule has 0 fully saturated rings. The van der Waals surface area contributed by atoms with Crippen molar-refractivity contribution in [3.8, 4) is 11.5 Å². The van der Waals surface area contributed by atoms with Crippen molar-refractivity contribution in [2.75, 3.05) is 6.61 Å². The van der Waals surface area contributed by atoms with Crippen LogP contribution in [0.2, 0.25) is 0 Å². The van der Waals surface area contributed by atoms with E-state index in [0.29, 0.717) is 12.4 Å². The summed E-state index contributed by atoms with van der Waals surface area (Å²) in [6.07, 6.45) is 0.155. The molecule has 2 N–H and O–H groups in total. The average Bonchev–Trinajstić information content (AvgIpc) is 2.49. The Morgan fingerprint density at radius 1 is 1.10 bits per heavy atom. The molecule has 0 aliphatic heterocycles. The van der Waals surface area contributed by atoms with Crippen molar-refractivity contribution in [2.24, 2.45) is 5.73 Å². The first-order valence-electron chi connectivity index (χ1n) is 6.93. The van der Waals surface area contributed by atoms with Gasteiger partial charge in [0.15, 0.2) is 0 Å². The minimum Gasteiger partial charge on any atom is -0.466 e. The average molecular weight is 285 g/mol. The summed E-state index contributed by atoms with van der Waals surface area (Å²) in [5, 5.41) is 0. The largest absolute Gasteiger partial charge is 0.466 e. The number of benzene rings is 2. The van der Waals surface area contributed by atoms with Gasteiger partial charge in [-0.3, -0.25) is 4.79 Å². The lowest BCUT2D eigenvalue weighted by Gasteiger charge is -2.13. The molecule has 0 saturated heterocycles. The third kappa shape index (κ3) is 4.61. The molecule has 0 radical (unpaired) electrons. The van der Waals surface area contributed by atoms with Crippen LogP contribution in [0.4, 0.5) is 0 Å². The molecular weight excluding hydrogens is 266 g/mol. The molecule has 0 amide bonds. The maximum atomic E-state index is 11.5. The van der Waals surface area contributed by atoms with Gasteiger partial charge in [-0.05, 0) is 36.8 Å². The molecule has 4 nitrogen and oxygen atoms in total. The quantitative estimate of drug-likeness (QED) is 0.826. The SMILES string of the molecule is CCOC(=O)CC(N)c1cccc(Oc2ccccc2)c1. The minimum atomic E-state index is -0.400. The summed E-state index contributed by atoms with van der Waals surface area (Å²) in [5.74, 6) is 1.16. The van der Waals surface area contributed by atoms with Crippen molar-refractivity contribution in [3.63, 3.8) is 0 Å². The second-order valence-electron chi connectivity index (χ2n) is 4.60. The van der Waals surface area contributed by atoms with Gasteiger partial charge in [0.1, 0.15) is 11.5 Å². The third-order valence-electron chi connectivity index (χ3n) is 2.96. The first-order valence-corrected chi connectivity index (χ1v) is 6.93. The van der Waals surface area contributed by atoms with E-state index in [0.717, 1.165) is 11.3 Å². The second-order valence-corrected chi connectivity index (χ2v) is 4.60. The van der Waals surface area contributed by atoms with Crippen molar-refractivity contribution in [3.05, 3.63) is 60.2 Å². The number of hydrogen-bond donors (Lipinski definition) is 1. The van der Waals surface area contributed by atoms with Crippen LogP contribution in [0.3, 0.4) is 0 Å². The van der Waals surface area contributed by atoms with Gasteiger partial charge in [-0.1, -0.05) is 30.3 Å². The van der Waals surface area contributed by atoms with E-state index in [1.165, 1.54) is 0 Å². The summed E-state index contributed by atoms with van der Waals surface area (Å²) < 4.78 is 10.7. The molecule has 0 aliphatic rings. The fourth-order valence-corrected chi connectivity index (χ4v) is 1.95. The van der Waals surface area contributed by atoms with Crippen LogP contribution in [0.5, 0.6) is 11.5 Å². The van der Waals surface area contributed by atoms with Crippen molar-refractivity contribution >= 4 is 5.97 Å². The van der Waals surface area contributed by atoms with E-state index < -0.39 is 6.04 Å². The molecule has 0 bridgehead atoms. The lowest BCUT2D eigenvalue weighted by Crippen LogP contribution is -2.17. The van der Waals surface area contributed by atoms with Crippen LogP contribution in [-0.4, -0.2) is 12.6 Å². The molecule has 0 heterocycles. The number of carbonyl (C=O) groups is 1. The van der Waals surface area contributed by atoms with Gasteiger partial charge in [0.2, 0.25) is 0 Å². The molecule has 0 spiro atoms. The van der Waals surface area contributed by atoms with Crippen LogP contribution in [0, 0.1) is 0 Å². The molecule has 0 aromatic heterocycles. The first kappa shape index (κ1) is 15.1. The number of nitrogens with two attached hydrogens (primary N) is 1. The summed E-state index contributed by atoms with van der Waals surface area (Å²) in [6.45, 7) is 2.14. The van der Waals surface area contributed by atoms with Crippen LogP contribution < -0.4 is 10.5 Å². The Bertz CT molecular complexity index is 584. The fourth-order valence-electron chi connectivity index (χ4n) is 1.95. The van der Waals surface area contributed by atoms with E-state index in [-0.39, 0.29) is 12.4 Å². The van der Waals surface area contributed by atoms with Gasteiger partial charge in [-0.2, -0.15) is 0 Å². The van der Waals surface area contributed by atoms with Crippen molar-refractivity contribution in [2.45, 2.75) is 19.4 Å². The summed E-state index contributed by atoms with van der Waals surface area (Å²) in [7, 11) is 0. The summed E-state index contributed by atoms with van der Waals surface area (Å²) >= 11 is 0. The van der Waals surface area contributed by atoms with Crippen molar-refractivity contribution in [1.82, 2.24) is 0 Å². The van der Waals surface area contributed by atoms with Gasteiger partial charge in [0.05, 0.1) is 13.0 Å². The Balaban J connectivity index is 2.05. The minimum absolute atomic E-state index is 0.155. The highest BCUT2D eigenvalue weighted by atomic mass is 16.5. The third-order valence-corrected chi connectivity index (χ3v) is 2.96. The van der Waals surface area contributed by atoms with Gasteiger partial charge in [0, 0.05) is 6.04 Å². The number of carbonyl (C=O) groups excluding carboxylic acids is 1. The Morgan fingerprint density at radius 3 is 2.52 bits per heavy atom. The highest BCUT2D eigenvalue weighted by molar-refractivity contribution is 5.70. The number of hydrogen-bond acceptors (Lipinski definition) is 4. The molecule has 0 aliphatic carbocycles. The maximum Gasteiger partial charge on any atom is 0.307 e. The summed E-state index contributed by atoms with van der Waals surface area (Å²) in [5.41, 5.74) is 6.88. The number of para-hydroxylation sites is 1. The first-order chi connectivity index (χ1) is 10.2. The number of esters is 1.